The molecule has 0 aromatic carbocycles. The molecule has 5 heteroatoms. The number of aromatic nitrogens is 2. The largest absolute Gasteiger partial charge is 0.377 e. The lowest BCUT2D eigenvalue weighted by Crippen LogP contribution is -2.21. The number of rotatable bonds is 6. The van der Waals surface area contributed by atoms with Crippen LogP contribution in [-0.4, -0.2) is 29.2 Å². The van der Waals surface area contributed by atoms with Crippen molar-refractivity contribution in [3.63, 3.8) is 0 Å². The van der Waals surface area contributed by atoms with Crippen LogP contribution in [0.3, 0.4) is 0 Å². The van der Waals surface area contributed by atoms with Crippen molar-refractivity contribution in [2.75, 3.05) is 18.5 Å². The van der Waals surface area contributed by atoms with Crippen LogP contribution in [-0.2, 0) is 4.74 Å². The second-order valence-corrected chi connectivity index (χ2v) is 4.59. The molecule has 0 saturated heterocycles. The van der Waals surface area contributed by atoms with Gasteiger partial charge in [-0.1, -0.05) is 25.4 Å². The minimum absolute atomic E-state index is 0.147. The first-order valence-corrected chi connectivity index (χ1v) is 6.29. The van der Waals surface area contributed by atoms with Gasteiger partial charge >= 0.3 is 0 Å². The van der Waals surface area contributed by atoms with Crippen LogP contribution in [0.15, 0.2) is 6.33 Å². The third-order valence-electron chi connectivity index (χ3n) is 2.42. The molecular weight excluding hydrogens is 238 g/mol. The van der Waals surface area contributed by atoms with Gasteiger partial charge in [-0.25, -0.2) is 9.97 Å². The molecule has 1 rings (SSSR count). The van der Waals surface area contributed by atoms with E-state index in [1.54, 1.807) is 0 Å². The topological polar surface area (TPSA) is 47.0 Å². The molecule has 0 fully saturated rings. The molecule has 0 amide bonds. The Morgan fingerprint density at radius 1 is 1.35 bits per heavy atom. The SMILES string of the molecule is CCOC(C)CNc1ncnc(Cl)c1C(C)C. The van der Waals surface area contributed by atoms with Gasteiger partial charge in [0.1, 0.15) is 17.3 Å². The summed E-state index contributed by atoms with van der Waals surface area (Å²) in [5, 5.41) is 3.77. The molecule has 1 aromatic rings. The van der Waals surface area contributed by atoms with Gasteiger partial charge in [-0.2, -0.15) is 0 Å². The van der Waals surface area contributed by atoms with E-state index in [1.165, 1.54) is 6.33 Å². The quantitative estimate of drug-likeness (QED) is 0.796. The van der Waals surface area contributed by atoms with Crippen LogP contribution >= 0.6 is 11.6 Å². The zero-order valence-electron chi connectivity index (χ0n) is 10.8. The van der Waals surface area contributed by atoms with E-state index in [0.29, 0.717) is 18.3 Å². The number of nitrogens with one attached hydrogen (secondary N) is 1. The van der Waals surface area contributed by atoms with E-state index in [4.69, 9.17) is 16.3 Å². The Labute approximate surface area is 108 Å². The van der Waals surface area contributed by atoms with Crippen molar-refractivity contribution < 1.29 is 4.74 Å². The lowest BCUT2D eigenvalue weighted by Gasteiger charge is -2.17. The summed E-state index contributed by atoms with van der Waals surface area (Å²) in [5.41, 5.74) is 0.956. The first kappa shape index (κ1) is 14.2. The summed E-state index contributed by atoms with van der Waals surface area (Å²) in [4.78, 5) is 8.24. The lowest BCUT2D eigenvalue weighted by molar-refractivity contribution is 0.0854. The number of ether oxygens (including phenoxy) is 1. The Balaban J connectivity index is 2.73. The maximum atomic E-state index is 6.08. The van der Waals surface area contributed by atoms with Gasteiger partial charge < -0.3 is 10.1 Å². The Morgan fingerprint density at radius 2 is 2.06 bits per heavy atom. The lowest BCUT2D eigenvalue weighted by atomic mass is 10.1. The van der Waals surface area contributed by atoms with Crippen molar-refractivity contribution in [1.82, 2.24) is 9.97 Å². The molecule has 1 atom stereocenters. The third-order valence-corrected chi connectivity index (χ3v) is 2.72. The summed E-state index contributed by atoms with van der Waals surface area (Å²) < 4.78 is 5.46. The van der Waals surface area contributed by atoms with E-state index in [0.717, 1.165) is 11.4 Å². The maximum Gasteiger partial charge on any atom is 0.138 e. The van der Waals surface area contributed by atoms with Gasteiger partial charge in [-0.15, -0.1) is 0 Å². The molecule has 0 aliphatic rings. The molecular formula is C12H20ClN3O. The zero-order valence-corrected chi connectivity index (χ0v) is 11.6. The molecule has 0 aliphatic heterocycles. The van der Waals surface area contributed by atoms with Crippen LogP contribution in [0.1, 0.15) is 39.2 Å². The summed E-state index contributed by atoms with van der Waals surface area (Å²) in [6.07, 6.45) is 1.62. The van der Waals surface area contributed by atoms with Crippen LogP contribution in [0.5, 0.6) is 0 Å². The minimum Gasteiger partial charge on any atom is -0.377 e. The predicted molar refractivity (Wildman–Crippen MR) is 70.7 cm³/mol. The number of halogens is 1. The second-order valence-electron chi connectivity index (χ2n) is 4.23. The van der Waals surface area contributed by atoms with Gasteiger partial charge in [0, 0.05) is 18.7 Å². The van der Waals surface area contributed by atoms with Gasteiger partial charge in [-0.05, 0) is 19.8 Å². The van der Waals surface area contributed by atoms with Crippen molar-refractivity contribution in [2.24, 2.45) is 0 Å². The molecule has 17 heavy (non-hydrogen) atoms. The standard InChI is InChI=1S/C12H20ClN3O/c1-5-17-9(4)6-14-12-10(8(2)3)11(13)15-7-16-12/h7-9H,5-6H2,1-4H3,(H,14,15,16). The number of nitrogens with zero attached hydrogens (tertiary/aromatic N) is 2. The maximum absolute atomic E-state index is 6.08. The number of hydrogen-bond acceptors (Lipinski definition) is 4. The van der Waals surface area contributed by atoms with E-state index in [-0.39, 0.29) is 12.0 Å². The van der Waals surface area contributed by atoms with Crippen LogP contribution in [0, 0.1) is 0 Å². The first-order valence-electron chi connectivity index (χ1n) is 5.92. The highest BCUT2D eigenvalue weighted by Gasteiger charge is 2.13. The number of anilines is 1. The minimum atomic E-state index is 0.147. The molecule has 0 radical (unpaired) electrons. The molecule has 1 aromatic heterocycles. The fourth-order valence-electron chi connectivity index (χ4n) is 1.61. The monoisotopic (exact) mass is 257 g/mol. The van der Waals surface area contributed by atoms with Crippen molar-refractivity contribution in [3.8, 4) is 0 Å². The highest BCUT2D eigenvalue weighted by atomic mass is 35.5. The summed E-state index contributed by atoms with van der Waals surface area (Å²) in [6, 6.07) is 0. The summed E-state index contributed by atoms with van der Waals surface area (Å²) >= 11 is 6.08. The fraction of sp³-hybridized carbons (Fsp3) is 0.667. The van der Waals surface area contributed by atoms with Gasteiger partial charge in [-0.3, -0.25) is 0 Å². The highest BCUT2D eigenvalue weighted by molar-refractivity contribution is 6.30. The van der Waals surface area contributed by atoms with Crippen molar-refractivity contribution in [1.29, 1.82) is 0 Å². The summed E-state index contributed by atoms with van der Waals surface area (Å²) in [6.45, 7) is 9.57. The molecule has 1 heterocycles. The van der Waals surface area contributed by atoms with E-state index in [9.17, 15) is 0 Å². The zero-order chi connectivity index (χ0) is 12.8. The Bertz CT molecular complexity index is 358. The van der Waals surface area contributed by atoms with Crippen LogP contribution in [0.4, 0.5) is 5.82 Å². The first-order chi connectivity index (χ1) is 8.06. The molecule has 0 bridgehead atoms. The van der Waals surface area contributed by atoms with E-state index >= 15 is 0 Å². The van der Waals surface area contributed by atoms with Crippen LogP contribution < -0.4 is 5.32 Å². The van der Waals surface area contributed by atoms with Crippen molar-refractivity contribution >= 4 is 17.4 Å². The van der Waals surface area contributed by atoms with Gasteiger partial charge in [0.25, 0.3) is 0 Å². The van der Waals surface area contributed by atoms with Gasteiger partial charge in [0.05, 0.1) is 6.10 Å². The van der Waals surface area contributed by atoms with E-state index in [1.807, 2.05) is 13.8 Å². The summed E-state index contributed by atoms with van der Waals surface area (Å²) in [7, 11) is 0. The average molecular weight is 258 g/mol. The van der Waals surface area contributed by atoms with E-state index in [2.05, 4.69) is 29.1 Å². The third kappa shape index (κ3) is 4.13. The molecule has 1 N–H and O–H groups in total. The average Bonchev–Trinajstić information content (AvgIpc) is 2.26. The fourth-order valence-corrected chi connectivity index (χ4v) is 1.96. The molecule has 96 valence electrons. The highest BCUT2D eigenvalue weighted by Crippen LogP contribution is 2.27. The normalized spacial score (nSPS) is 12.8. The second kappa shape index (κ2) is 6.77. The van der Waals surface area contributed by atoms with Crippen molar-refractivity contribution in [3.05, 3.63) is 17.0 Å². The molecule has 1 unspecified atom stereocenters. The Kier molecular flexibility index (Phi) is 5.65. The molecule has 4 nitrogen and oxygen atoms in total. The molecule has 0 spiro atoms. The Hall–Kier alpha value is -0.870. The van der Waals surface area contributed by atoms with E-state index < -0.39 is 0 Å². The smallest absolute Gasteiger partial charge is 0.138 e. The van der Waals surface area contributed by atoms with Crippen molar-refractivity contribution in [2.45, 2.75) is 39.7 Å². The predicted octanol–water partition coefficient (Wildman–Crippen LogP) is 3.09. The van der Waals surface area contributed by atoms with Crippen LogP contribution in [0.25, 0.3) is 0 Å². The summed E-state index contributed by atoms with van der Waals surface area (Å²) in [5.74, 6) is 1.08. The molecule has 0 aliphatic carbocycles. The van der Waals surface area contributed by atoms with Gasteiger partial charge in [0.15, 0.2) is 0 Å². The molecule has 0 saturated carbocycles. The van der Waals surface area contributed by atoms with Gasteiger partial charge in [0.2, 0.25) is 0 Å². The van der Waals surface area contributed by atoms with Crippen LogP contribution in [0.2, 0.25) is 5.15 Å². The number of hydrogen-bond donors (Lipinski definition) is 1. The Morgan fingerprint density at radius 3 is 2.65 bits per heavy atom.